The maximum absolute atomic E-state index is 11.9. The van der Waals surface area contributed by atoms with Gasteiger partial charge in [-0.3, -0.25) is 4.79 Å². The zero-order valence-corrected chi connectivity index (χ0v) is 11.0. The highest BCUT2D eigenvalue weighted by atomic mass is 16.4. The van der Waals surface area contributed by atoms with Gasteiger partial charge in [0.1, 0.15) is 12.2 Å². The van der Waals surface area contributed by atoms with E-state index in [0.29, 0.717) is 18.8 Å². The molecule has 2 rings (SSSR count). The lowest BCUT2D eigenvalue weighted by Gasteiger charge is -2.30. The molecule has 0 bridgehead atoms. The number of carboxylic acid groups (broad SMARTS) is 1. The fraction of sp³-hybridized carbons (Fsp3) is 0.636. The molecule has 2 amide bonds. The number of amides is 2. The molecule has 0 saturated carbocycles. The van der Waals surface area contributed by atoms with Crippen LogP contribution < -0.4 is 11.1 Å². The summed E-state index contributed by atoms with van der Waals surface area (Å²) >= 11 is 0. The number of nitrogens with one attached hydrogen (secondary N) is 1. The maximum atomic E-state index is 11.9. The highest BCUT2D eigenvalue weighted by Crippen LogP contribution is 2.08. The summed E-state index contributed by atoms with van der Waals surface area (Å²) in [6.45, 7) is 1.28. The highest BCUT2D eigenvalue weighted by Gasteiger charge is 2.20. The molecule has 0 radical (unpaired) electrons. The molecule has 110 valence electrons. The van der Waals surface area contributed by atoms with E-state index in [9.17, 15) is 9.59 Å². The highest BCUT2D eigenvalue weighted by molar-refractivity contribution is 5.74. The van der Waals surface area contributed by atoms with Crippen molar-refractivity contribution in [2.75, 3.05) is 13.1 Å². The van der Waals surface area contributed by atoms with Crippen molar-refractivity contribution in [1.29, 1.82) is 0 Å². The molecule has 20 heavy (non-hydrogen) atoms. The molecule has 4 N–H and O–H groups in total. The van der Waals surface area contributed by atoms with Gasteiger partial charge in [0.2, 0.25) is 0 Å². The fourth-order valence-electron chi connectivity index (χ4n) is 2.02. The Hall–Kier alpha value is -2.16. The van der Waals surface area contributed by atoms with Crippen LogP contribution in [0.2, 0.25) is 0 Å². The molecule has 0 atom stereocenters. The molecule has 9 nitrogen and oxygen atoms in total. The summed E-state index contributed by atoms with van der Waals surface area (Å²) in [5.41, 5.74) is 6.30. The molecule has 0 unspecified atom stereocenters. The molecule has 0 aromatic carbocycles. The number of hydrogen-bond donors (Lipinski definition) is 3. The van der Waals surface area contributed by atoms with Gasteiger partial charge in [-0.2, -0.15) is 0 Å². The van der Waals surface area contributed by atoms with Gasteiger partial charge in [-0.15, -0.1) is 5.10 Å². The van der Waals surface area contributed by atoms with E-state index in [-0.39, 0.29) is 25.2 Å². The summed E-state index contributed by atoms with van der Waals surface area (Å²) in [5, 5.41) is 18.8. The predicted octanol–water partition coefficient (Wildman–Crippen LogP) is -1.00. The number of nitrogens with two attached hydrogens (primary N) is 1. The molecule has 1 saturated heterocycles. The van der Waals surface area contributed by atoms with Crippen molar-refractivity contribution in [3.8, 4) is 0 Å². The van der Waals surface area contributed by atoms with Crippen LogP contribution in [0, 0.1) is 0 Å². The van der Waals surface area contributed by atoms with E-state index < -0.39 is 5.97 Å². The Labute approximate surface area is 115 Å². The zero-order valence-electron chi connectivity index (χ0n) is 11.0. The molecule has 0 spiro atoms. The third kappa shape index (κ3) is 3.92. The Bertz CT molecular complexity index is 480. The van der Waals surface area contributed by atoms with Crippen molar-refractivity contribution in [1.82, 2.24) is 25.2 Å². The first kappa shape index (κ1) is 14.3. The van der Waals surface area contributed by atoms with E-state index in [2.05, 4.69) is 15.6 Å². The minimum absolute atomic E-state index is 0.162. The second-order valence-electron chi connectivity index (χ2n) is 4.78. The molecule has 0 aliphatic carbocycles. The van der Waals surface area contributed by atoms with Crippen molar-refractivity contribution in [3.05, 3.63) is 11.9 Å². The lowest BCUT2D eigenvalue weighted by molar-refractivity contribution is -0.137. The topological polar surface area (TPSA) is 126 Å². The zero-order chi connectivity index (χ0) is 14.5. The Morgan fingerprint density at radius 3 is 2.80 bits per heavy atom. The lowest BCUT2D eigenvalue weighted by Crippen LogP contribution is -2.47. The SMILES string of the molecule is NC1CCN(C(=O)NCc2cn(CC(=O)O)nn2)CC1. The Balaban J connectivity index is 1.78. The Morgan fingerprint density at radius 1 is 1.45 bits per heavy atom. The van der Waals surface area contributed by atoms with Crippen LogP contribution in [0.25, 0.3) is 0 Å². The van der Waals surface area contributed by atoms with Gasteiger partial charge in [-0.05, 0) is 12.8 Å². The second kappa shape index (κ2) is 6.33. The van der Waals surface area contributed by atoms with Crippen LogP contribution in [0.3, 0.4) is 0 Å². The van der Waals surface area contributed by atoms with Crippen LogP contribution in [0.1, 0.15) is 18.5 Å². The van der Waals surface area contributed by atoms with Gasteiger partial charge in [-0.1, -0.05) is 5.21 Å². The van der Waals surface area contributed by atoms with E-state index in [1.807, 2.05) is 0 Å². The largest absolute Gasteiger partial charge is 0.480 e. The molecule has 2 heterocycles. The average molecular weight is 282 g/mol. The molecule has 1 fully saturated rings. The van der Waals surface area contributed by atoms with Gasteiger partial charge >= 0.3 is 12.0 Å². The number of carbonyl (C=O) groups excluding carboxylic acids is 1. The average Bonchev–Trinajstić information content (AvgIpc) is 2.83. The number of nitrogens with zero attached hydrogens (tertiary/aromatic N) is 4. The van der Waals surface area contributed by atoms with Crippen LogP contribution in [0.15, 0.2) is 6.20 Å². The maximum Gasteiger partial charge on any atom is 0.325 e. The summed E-state index contributed by atoms with van der Waals surface area (Å²) in [4.78, 5) is 24.1. The molecule has 1 aromatic heterocycles. The van der Waals surface area contributed by atoms with Crippen LogP contribution in [0.5, 0.6) is 0 Å². The first-order chi connectivity index (χ1) is 9.54. The third-order valence-corrected chi connectivity index (χ3v) is 3.13. The van der Waals surface area contributed by atoms with Gasteiger partial charge in [0.25, 0.3) is 0 Å². The summed E-state index contributed by atoms with van der Waals surface area (Å²) in [6, 6.07) is 0.0136. The number of likely N-dealkylation sites (tertiary alicyclic amines) is 1. The van der Waals surface area contributed by atoms with Crippen LogP contribution in [0.4, 0.5) is 4.79 Å². The van der Waals surface area contributed by atoms with Crippen LogP contribution in [-0.2, 0) is 17.9 Å². The monoisotopic (exact) mass is 282 g/mol. The fourth-order valence-corrected chi connectivity index (χ4v) is 2.02. The number of carboxylic acids is 1. The van der Waals surface area contributed by atoms with Crippen molar-refractivity contribution in [3.63, 3.8) is 0 Å². The quantitative estimate of drug-likeness (QED) is 0.650. The summed E-state index contributed by atoms with van der Waals surface area (Å²) in [7, 11) is 0. The number of piperidine rings is 1. The number of urea groups is 1. The number of rotatable bonds is 4. The molecule has 1 aliphatic rings. The van der Waals surface area contributed by atoms with E-state index >= 15 is 0 Å². The summed E-state index contributed by atoms with van der Waals surface area (Å²) < 4.78 is 1.21. The number of aliphatic carboxylic acids is 1. The van der Waals surface area contributed by atoms with Crippen LogP contribution in [-0.4, -0.2) is 56.1 Å². The Kier molecular flexibility index (Phi) is 4.51. The minimum atomic E-state index is -0.991. The molecule has 1 aromatic rings. The predicted molar refractivity (Wildman–Crippen MR) is 68.7 cm³/mol. The van der Waals surface area contributed by atoms with Crippen molar-refractivity contribution >= 4 is 12.0 Å². The van der Waals surface area contributed by atoms with Gasteiger partial charge in [0, 0.05) is 19.1 Å². The lowest BCUT2D eigenvalue weighted by atomic mass is 10.1. The van der Waals surface area contributed by atoms with E-state index in [4.69, 9.17) is 10.8 Å². The van der Waals surface area contributed by atoms with E-state index in [1.54, 1.807) is 4.90 Å². The van der Waals surface area contributed by atoms with Crippen LogP contribution >= 0.6 is 0 Å². The summed E-state index contributed by atoms with van der Waals surface area (Å²) in [6.07, 6.45) is 3.12. The Morgan fingerprint density at radius 2 is 2.15 bits per heavy atom. The molecular weight excluding hydrogens is 264 g/mol. The van der Waals surface area contributed by atoms with Crippen molar-refractivity contribution in [2.45, 2.75) is 32.0 Å². The first-order valence-electron chi connectivity index (χ1n) is 6.44. The third-order valence-electron chi connectivity index (χ3n) is 3.13. The molecule has 1 aliphatic heterocycles. The van der Waals surface area contributed by atoms with E-state index in [1.165, 1.54) is 10.9 Å². The minimum Gasteiger partial charge on any atom is -0.480 e. The summed E-state index contributed by atoms with van der Waals surface area (Å²) in [5.74, 6) is -0.991. The molecular formula is C11H18N6O3. The standard InChI is InChI=1S/C11H18N6O3/c12-8-1-3-16(4-2-8)11(20)13-5-9-6-17(15-14-9)7-10(18)19/h6,8H,1-5,7,12H2,(H,13,20)(H,18,19). The van der Waals surface area contributed by atoms with Crippen molar-refractivity contribution in [2.24, 2.45) is 5.73 Å². The normalized spacial score (nSPS) is 16.1. The van der Waals surface area contributed by atoms with Crippen molar-refractivity contribution < 1.29 is 14.7 Å². The molecule has 9 heteroatoms. The number of aromatic nitrogens is 3. The van der Waals surface area contributed by atoms with E-state index in [0.717, 1.165) is 12.8 Å². The number of carbonyl (C=O) groups is 2. The smallest absolute Gasteiger partial charge is 0.325 e. The van der Waals surface area contributed by atoms with Gasteiger partial charge in [-0.25, -0.2) is 9.48 Å². The van der Waals surface area contributed by atoms with Gasteiger partial charge in [0.05, 0.1) is 12.7 Å². The van der Waals surface area contributed by atoms with Gasteiger partial charge in [0.15, 0.2) is 0 Å². The first-order valence-corrected chi connectivity index (χ1v) is 6.44. The van der Waals surface area contributed by atoms with Gasteiger partial charge < -0.3 is 21.1 Å². The number of hydrogen-bond acceptors (Lipinski definition) is 5. The second-order valence-corrected chi connectivity index (χ2v) is 4.78.